The number of ether oxygens (including phenoxy) is 1. The fraction of sp³-hybridized carbons (Fsp3) is 0.882. The number of unbranched alkanes of at least 4 members (excludes halogenated alkanes) is 10. The van der Waals surface area contributed by atoms with Crippen LogP contribution in [-0.2, 0) is 9.53 Å². The Morgan fingerprint density at radius 3 is 1.84 bits per heavy atom. The van der Waals surface area contributed by atoms with Crippen LogP contribution in [0.2, 0.25) is 0 Å². The molecule has 0 fully saturated rings. The number of carbonyl (C=O) groups excluding carboxylic acids is 1. The summed E-state index contributed by atoms with van der Waals surface area (Å²) < 4.78 is 5.12. The Morgan fingerprint density at radius 1 is 0.789 bits per heavy atom. The lowest BCUT2D eigenvalue weighted by atomic mass is 10.1. The van der Waals surface area contributed by atoms with Crippen LogP contribution < -0.4 is 0 Å². The molecular weight excluding hydrogens is 236 g/mol. The van der Waals surface area contributed by atoms with Crippen molar-refractivity contribution in [1.82, 2.24) is 0 Å². The molecule has 0 atom stereocenters. The zero-order chi connectivity index (χ0) is 14.2. The topological polar surface area (TPSA) is 26.3 Å². The SMILES string of the molecule is CCC[CH]C(=O)OCCCCCCCCCCCC. The van der Waals surface area contributed by atoms with E-state index in [1.807, 2.05) is 0 Å². The van der Waals surface area contributed by atoms with Crippen LogP contribution >= 0.6 is 0 Å². The Hall–Kier alpha value is -0.530. The van der Waals surface area contributed by atoms with Gasteiger partial charge in [0.25, 0.3) is 0 Å². The third-order valence-electron chi connectivity index (χ3n) is 3.34. The highest BCUT2D eigenvalue weighted by Gasteiger charge is 2.01. The number of hydrogen-bond donors (Lipinski definition) is 0. The second-order valence-electron chi connectivity index (χ2n) is 5.34. The van der Waals surface area contributed by atoms with Gasteiger partial charge in [-0.05, 0) is 12.8 Å². The molecule has 0 bridgehead atoms. The molecule has 2 heteroatoms. The second-order valence-corrected chi connectivity index (χ2v) is 5.34. The first-order valence-electron chi connectivity index (χ1n) is 8.31. The Balaban J connectivity index is 3.04. The predicted octanol–water partition coefficient (Wildman–Crippen LogP) is 5.45. The summed E-state index contributed by atoms with van der Waals surface area (Å²) in [5.41, 5.74) is 0. The fourth-order valence-electron chi connectivity index (χ4n) is 2.08. The highest BCUT2D eigenvalue weighted by atomic mass is 16.5. The molecule has 1 radical (unpaired) electrons. The third kappa shape index (κ3) is 15.4. The van der Waals surface area contributed by atoms with Crippen molar-refractivity contribution < 1.29 is 9.53 Å². The fourth-order valence-corrected chi connectivity index (χ4v) is 2.08. The van der Waals surface area contributed by atoms with Crippen LogP contribution in [0.15, 0.2) is 0 Å². The highest BCUT2D eigenvalue weighted by Crippen LogP contribution is 2.10. The van der Waals surface area contributed by atoms with Gasteiger partial charge in [-0.15, -0.1) is 0 Å². The number of carbonyl (C=O) groups is 1. The molecule has 0 aromatic heterocycles. The van der Waals surface area contributed by atoms with Crippen LogP contribution in [0, 0.1) is 6.42 Å². The molecule has 19 heavy (non-hydrogen) atoms. The summed E-state index contributed by atoms with van der Waals surface area (Å²) >= 11 is 0. The van der Waals surface area contributed by atoms with Crippen molar-refractivity contribution >= 4 is 5.97 Å². The van der Waals surface area contributed by atoms with Gasteiger partial charge in [-0.2, -0.15) is 0 Å². The normalized spacial score (nSPS) is 10.6. The summed E-state index contributed by atoms with van der Waals surface area (Å²) in [5, 5.41) is 0. The van der Waals surface area contributed by atoms with E-state index in [2.05, 4.69) is 13.8 Å². The molecule has 0 spiro atoms. The monoisotopic (exact) mass is 269 g/mol. The van der Waals surface area contributed by atoms with Crippen molar-refractivity contribution in [1.29, 1.82) is 0 Å². The van der Waals surface area contributed by atoms with Crippen LogP contribution in [0.3, 0.4) is 0 Å². The minimum atomic E-state index is -0.141. The standard InChI is InChI=1S/C17H33O2/c1-3-5-7-8-9-10-11-12-13-14-16-19-17(18)15-6-4-2/h15H,3-14,16H2,1-2H3. The van der Waals surface area contributed by atoms with Gasteiger partial charge < -0.3 is 4.74 Å². The zero-order valence-corrected chi connectivity index (χ0v) is 13.1. The summed E-state index contributed by atoms with van der Waals surface area (Å²) in [6.45, 7) is 4.91. The lowest BCUT2D eigenvalue weighted by molar-refractivity contribution is -0.139. The van der Waals surface area contributed by atoms with Crippen molar-refractivity contribution in [2.45, 2.75) is 90.9 Å². The molecular formula is C17H33O2. The van der Waals surface area contributed by atoms with E-state index >= 15 is 0 Å². The largest absolute Gasteiger partial charge is 0.465 e. The maximum atomic E-state index is 11.2. The van der Waals surface area contributed by atoms with Crippen molar-refractivity contribution in [2.24, 2.45) is 0 Å². The first-order chi connectivity index (χ1) is 9.31. The lowest BCUT2D eigenvalue weighted by Gasteiger charge is -2.04. The van der Waals surface area contributed by atoms with E-state index in [4.69, 9.17) is 4.74 Å². The molecule has 0 aliphatic carbocycles. The zero-order valence-electron chi connectivity index (χ0n) is 13.1. The van der Waals surface area contributed by atoms with E-state index in [0.717, 1.165) is 19.3 Å². The molecule has 0 heterocycles. The van der Waals surface area contributed by atoms with Crippen LogP contribution in [0.1, 0.15) is 90.9 Å². The van der Waals surface area contributed by atoms with Gasteiger partial charge in [0.2, 0.25) is 0 Å². The Kier molecular flexibility index (Phi) is 15.1. The smallest absolute Gasteiger partial charge is 0.309 e. The summed E-state index contributed by atoms with van der Waals surface area (Å²) in [5.74, 6) is -0.141. The van der Waals surface area contributed by atoms with E-state index in [-0.39, 0.29) is 5.97 Å². The van der Waals surface area contributed by atoms with Gasteiger partial charge in [0.1, 0.15) is 0 Å². The van der Waals surface area contributed by atoms with E-state index < -0.39 is 0 Å². The van der Waals surface area contributed by atoms with Gasteiger partial charge in [-0.3, -0.25) is 4.79 Å². The van der Waals surface area contributed by atoms with Gasteiger partial charge in [0.15, 0.2) is 0 Å². The Labute approximate surface area is 120 Å². The Morgan fingerprint density at radius 2 is 1.32 bits per heavy atom. The summed E-state index contributed by atoms with van der Waals surface area (Å²) in [4.78, 5) is 11.2. The van der Waals surface area contributed by atoms with Crippen LogP contribution in [0.4, 0.5) is 0 Å². The highest BCUT2D eigenvalue weighted by molar-refractivity contribution is 5.78. The van der Waals surface area contributed by atoms with Crippen LogP contribution in [0.5, 0.6) is 0 Å². The molecule has 0 saturated carbocycles. The molecule has 0 amide bonds. The van der Waals surface area contributed by atoms with Crippen molar-refractivity contribution in [2.75, 3.05) is 6.61 Å². The summed E-state index contributed by atoms with van der Waals surface area (Å²) in [6, 6.07) is 0. The van der Waals surface area contributed by atoms with Crippen LogP contribution in [0.25, 0.3) is 0 Å². The first kappa shape index (κ1) is 18.5. The second kappa shape index (κ2) is 15.5. The quantitative estimate of drug-likeness (QED) is 0.309. The average Bonchev–Trinajstić information content (AvgIpc) is 2.42. The summed E-state index contributed by atoms with van der Waals surface area (Å²) in [6.07, 6.45) is 16.6. The van der Waals surface area contributed by atoms with Gasteiger partial charge in [-0.25, -0.2) is 0 Å². The van der Waals surface area contributed by atoms with Gasteiger partial charge in [0.05, 0.1) is 13.0 Å². The molecule has 0 rings (SSSR count). The van der Waals surface area contributed by atoms with Crippen LogP contribution in [-0.4, -0.2) is 12.6 Å². The molecule has 0 saturated heterocycles. The Bertz CT molecular complexity index is 190. The minimum absolute atomic E-state index is 0.141. The molecule has 2 nitrogen and oxygen atoms in total. The van der Waals surface area contributed by atoms with Gasteiger partial charge in [0, 0.05) is 0 Å². The molecule has 0 aliphatic heterocycles. The number of esters is 1. The number of rotatable bonds is 14. The molecule has 0 N–H and O–H groups in total. The predicted molar refractivity (Wildman–Crippen MR) is 82.0 cm³/mol. The maximum Gasteiger partial charge on any atom is 0.309 e. The lowest BCUT2D eigenvalue weighted by Crippen LogP contribution is -2.06. The first-order valence-corrected chi connectivity index (χ1v) is 8.31. The van der Waals surface area contributed by atoms with E-state index in [1.54, 1.807) is 6.42 Å². The summed E-state index contributed by atoms with van der Waals surface area (Å²) in [7, 11) is 0. The van der Waals surface area contributed by atoms with E-state index in [0.29, 0.717) is 6.61 Å². The van der Waals surface area contributed by atoms with E-state index in [9.17, 15) is 4.79 Å². The molecule has 0 aliphatic rings. The molecule has 113 valence electrons. The third-order valence-corrected chi connectivity index (χ3v) is 3.34. The average molecular weight is 269 g/mol. The van der Waals surface area contributed by atoms with Gasteiger partial charge in [-0.1, -0.05) is 78.1 Å². The molecule has 0 unspecified atom stereocenters. The molecule has 0 aromatic carbocycles. The maximum absolute atomic E-state index is 11.2. The van der Waals surface area contributed by atoms with Gasteiger partial charge >= 0.3 is 5.97 Å². The van der Waals surface area contributed by atoms with Crippen molar-refractivity contribution in [3.63, 3.8) is 0 Å². The minimum Gasteiger partial charge on any atom is -0.465 e. The molecule has 0 aromatic rings. The van der Waals surface area contributed by atoms with Crippen molar-refractivity contribution in [3.8, 4) is 0 Å². The van der Waals surface area contributed by atoms with Crippen molar-refractivity contribution in [3.05, 3.63) is 6.42 Å². The van der Waals surface area contributed by atoms with E-state index in [1.165, 1.54) is 57.8 Å². The number of hydrogen-bond acceptors (Lipinski definition) is 2.